The molecule has 3 N–H and O–H groups in total. The summed E-state index contributed by atoms with van der Waals surface area (Å²) in [5.74, 6) is -1.35. The molecule has 1 aromatic rings. The fourth-order valence-corrected chi connectivity index (χ4v) is 3.92. The molecule has 0 unspecified atom stereocenters. The average molecular weight is 332 g/mol. The summed E-state index contributed by atoms with van der Waals surface area (Å²) >= 11 is 5.83. The molecule has 0 bridgehead atoms. The van der Waals surface area contributed by atoms with Crippen LogP contribution in [0.1, 0.15) is 13.8 Å². The van der Waals surface area contributed by atoms with E-state index in [1.54, 1.807) is 0 Å². The Labute approximate surface area is 127 Å². The third-order valence-electron chi connectivity index (χ3n) is 3.28. The fourth-order valence-electron chi connectivity index (χ4n) is 1.94. The summed E-state index contributed by atoms with van der Waals surface area (Å²) in [6.07, 6.45) is 0. The van der Waals surface area contributed by atoms with E-state index < -0.39 is 33.9 Å². The van der Waals surface area contributed by atoms with Gasteiger partial charge in [-0.1, -0.05) is 11.6 Å². The Kier molecular flexibility index (Phi) is 3.73. The van der Waals surface area contributed by atoms with E-state index in [4.69, 9.17) is 17.3 Å². The summed E-state index contributed by atoms with van der Waals surface area (Å²) in [4.78, 5) is 23.2. The molecule has 2 rings (SSSR count). The van der Waals surface area contributed by atoms with Gasteiger partial charge >= 0.3 is 0 Å². The van der Waals surface area contributed by atoms with E-state index in [0.717, 1.165) is 4.31 Å². The van der Waals surface area contributed by atoms with E-state index in [0.29, 0.717) is 0 Å². The lowest BCUT2D eigenvalue weighted by molar-refractivity contribution is -0.141. The number of benzene rings is 1. The minimum absolute atomic E-state index is 0.0849. The first-order valence-electron chi connectivity index (χ1n) is 5.99. The molecule has 0 atom stereocenters. The van der Waals surface area contributed by atoms with E-state index in [1.807, 2.05) is 0 Å². The molecule has 114 valence electrons. The normalized spacial score (nSPS) is 19.4. The maximum absolute atomic E-state index is 12.7. The number of nitrogens with one attached hydrogen (secondary N) is 1. The van der Waals surface area contributed by atoms with Gasteiger partial charge in [0.05, 0.1) is 22.2 Å². The second-order valence-corrected chi connectivity index (χ2v) is 7.40. The molecule has 0 spiro atoms. The molecule has 0 radical (unpaired) electrons. The number of imide groups is 1. The lowest BCUT2D eigenvalue weighted by Crippen LogP contribution is -2.65. The highest BCUT2D eigenvalue weighted by atomic mass is 35.5. The zero-order valence-corrected chi connectivity index (χ0v) is 13.0. The zero-order valence-electron chi connectivity index (χ0n) is 11.4. The van der Waals surface area contributed by atoms with Gasteiger partial charge in [-0.25, -0.2) is 8.42 Å². The molecule has 0 saturated carbocycles. The second-order valence-electron chi connectivity index (χ2n) is 5.13. The van der Waals surface area contributed by atoms with Crippen LogP contribution in [0.15, 0.2) is 23.1 Å². The van der Waals surface area contributed by atoms with Gasteiger partial charge in [0.15, 0.2) is 0 Å². The van der Waals surface area contributed by atoms with Crippen molar-refractivity contribution in [3.8, 4) is 0 Å². The Morgan fingerprint density at radius 1 is 1.33 bits per heavy atom. The van der Waals surface area contributed by atoms with Crippen molar-refractivity contribution >= 4 is 39.1 Å². The molecule has 1 fully saturated rings. The number of nitrogens with zero attached hydrogens (tertiary/aromatic N) is 1. The molecule has 0 aromatic heterocycles. The predicted molar refractivity (Wildman–Crippen MR) is 77.0 cm³/mol. The number of nitrogens with two attached hydrogens (primary N) is 1. The monoisotopic (exact) mass is 331 g/mol. The molecule has 2 amide bonds. The van der Waals surface area contributed by atoms with Gasteiger partial charge in [0.25, 0.3) is 0 Å². The predicted octanol–water partition coefficient (Wildman–Crippen LogP) is 0.348. The number of hydrogen-bond donors (Lipinski definition) is 2. The standard InChI is InChI=1S/C12H14ClN3O4S/c1-12(2)11(18)15-10(17)6-16(12)21(19,20)7-3-4-9(14)8(13)5-7/h3-5H,6,14H2,1-2H3,(H,15,17,18). The third kappa shape index (κ3) is 2.61. The van der Waals surface area contributed by atoms with Gasteiger partial charge < -0.3 is 5.73 Å². The van der Waals surface area contributed by atoms with Crippen molar-refractivity contribution in [2.75, 3.05) is 12.3 Å². The van der Waals surface area contributed by atoms with Gasteiger partial charge in [-0.15, -0.1) is 0 Å². The summed E-state index contributed by atoms with van der Waals surface area (Å²) in [6, 6.07) is 3.83. The summed E-state index contributed by atoms with van der Waals surface area (Å²) in [6.45, 7) is 2.40. The maximum atomic E-state index is 12.7. The van der Waals surface area contributed by atoms with Crippen LogP contribution < -0.4 is 11.1 Å². The third-order valence-corrected chi connectivity index (χ3v) is 5.62. The molecule has 1 aliphatic rings. The van der Waals surface area contributed by atoms with E-state index in [-0.39, 0.29) is 15.6 Å². The highest BCUT2D eigenvalue weighted by molar-refractivity contribution is 7.89. The number of anilines is 1. The van der Waals surface area contributed by atoms with Crippen LogP contribution in [0.5, 0.6) is 0 Å². The van der Waals surface area contributed by atoms with Crippen LogP contribution in [0.25, 0.3) is 0 Å². The summed E-state index contributed by atoms with van der Waals surface area (Å²) in [5, 5.41) is 2.20. The number of carbonyl (C=O) groups excluding carboxylic acids is 2. The van der Waals surface area contributed by atoms with E-state index in [2.05, 4.69) is 5.32 Å². The number of amides is 2. The van der Waals surface area contributed by atoms with Crippen LogP contribution in [0, 0.1) is 0 Å². The molecule has 0 aliphatic carbocycles. The average Bonchev–Trinajstić information content (AvgIpc) is 2.37. The highest BCUT2D eigenvalue weighted by Crippen LogP contribution is 2.29. The fraction of sp³-hybridized carbons (Fsp3) is 0.333. The zero-order chi connectivity index (χ0) is 16.0. The van der Waals surface area contributed by atoms with Crippen LogP contribution >= 0.6 is 11.6 Å². The van der Waals surface area contributed by atoms with Crippen LogP contribution in [-0.4, -0.2) is 36.6 Å². The quantitative estimate of drug-likeness (QED) is 0.600. The van der Waals surface area contributed by atoms with Crippen molar-refractivity contribution in [3.63, 3.8) is 0 Å². The summed E-state index contributed by atoms with van der Waals surface area (Å²) in [7, 11) is -4.06. The number of rotatable bonds is 2. The molecule has 9 heteroatoms. The van der Waals surface area contributed by atoms with Gasteiger partial charge in [-0.2, -0.15) is 4.31 Å². The number of halogens is 1. The molecule has 21 heavy (non-hydrogen) atoms. The lowest BCUT2D eigenvalue weighted by Gasteiger charge is -2.38. The Morgan fingerprint density at radius 3 is 2.52 bits per heavy atom. The van der Waals surface area contributed by atoms with Crippen molar-refractivity contribution < 1.29 is 18.0 Å². The number of piperazine rings is 1. The molecule has 1 aromatic carbocycles. The molecular formula is C12H14ClN3O4S. The first-order valence-corrected chi connectivity index (χ1v) is 7.81. The van der Waals surface area contributed by atoms with Gasteiger partial charge in [0.1, 0.15) is 5.54 Å². The van der Waals surface area contributed by atoms with Crippen molar-refractivity contribution in [1.29, 1.82) is 0 Å². The maximum Gasteiger partial charge on any atom is 0.247 e. The van der Waals surface area contributed by atoms with Gasteiger partial charge in [0.2, 0.25) is 21.8 Å². The SMILES string of the molecule is CC1(C)C(=O)NC(=O)CN1S(=O)(=O)c1ccc(N)c(Cl)c1. The minimum atomic E-state index is -4.06. The van der Waals surface area contributed by atoms with Crippen LogP contribution in [0.4, 0.5) is 5.69 Å². The number of hydrogen-bond acceptors (Lipinski definition) is 5. The minimum Gasteiger partial charge on any atom is -0.398 e. The molecule has 1 heterocycles. The number of carbonyl (C=O) groups is 2. The smallest absolute Gasteiger partial charge is 0.247 e. The Morgan fingerprint density at radius 2 is 1.95 bits per heavy atom. The first kappa shape index (κ1) is 15.7. The van der Waals surface area contributed by atoms with E-state index >= 15 is 0 Å². The Balaban J connectivity index is 2.53. The summed E-state index contributed by atoms with van der Waals surface area (Å²) in [5.41, 5.74) is 4.40. The van der Waals surface area contributed by atoms with Gasteiger partial charge in [-0.3, -0.25) is 14.9 Å². The molecular weight excluding hydrogens is 318 g/mol. The van der Waals surface area contributed by atoms with E-state index in [1.165, 1.54) is 32.0 Å². The van der Waals surface area contributed by atoms with Crippen molar-refractivity contribution in [1.82, 2.24) is 9.62 Å². The van der Waals surface area contributed by atoms with Crippen LogP contribution in [-0.2, 0) is 19.6 Å². The van der Waals surface area contributed by atoms with Gasteiger partial charge in [-0.05, 0) is 32.0 Å². The topological polar surface area (TPSA) is 110 Å². The molecule has 1 aliphatic heterocycles. The van der Waals surface area contributed by atoms with E-state index in [9.17, 15) is 18.0 Å². The van der Waals surface area contributed by atoms with Gasteiger partial charge in [0, 0.05) is 0 Å². The Hall–Kier alpha value is -1.64. The first-order chi connectivity index (χ1) is 9.56. The van der Waals surface area contributed by atoms with Crippen molar-refractivity contribution in [2.24, 2.45) is 0 Å². The largest absolute Gasteiger partial charge is 0.398 e. The highest BCUT2D eigenvalue weighted by Gasteiger charge is 2.47. The lowest BCUT2D eigenvalue weighted by atomic mass is 10.0. The molecule has 7 nitrogen and oxygen atoms in total. The van der Waals surface area contributed by atoms with Crippen molar-refractivity contribution in [2.45, 2.75) is 24.3 Å². The van der Waals surface area contributed by atoms with Crippen LogP contribution in [0.2, 0.25) is 5.02 Å². The van der Waals surface area contributed by atoms with Crippen molar-refractivity contribution in [3.05, 3.63) is 23.2 Å². The summed E-state index contributed by atoms with van der Waals surface area (Å²) < 4.78 is 26.2. The second kappa shape index (κ2) is 4.97. The number of sulfonamides is 1. The Bertz CT molecular complexity index is 730. The van der Waals surface area contributed by atoms with Crippen LogP contribution in [0.3, 0.4) is 0 Å². The number of nitrogen functional groups attached to an aromatic ring is 1. The molecule has 1 saturated heterocycles.